The molecule has 2 nitrogen and oxygen atoms in total. The summed E-state index contributed by atoms with van der Waals surface area (Å²) in [5, 5.41) is 9.12. The van der Waals surface area contributed by atoms with E-state index < -0.39 is 35.5 Å². The number of benzene rings is 1. The minimum absolute atomic E-state index is 0.125. The molecule has 0 heterocycles. The molecule has 1 aromatic carbocycles. The molecule has 0 aromatic heterocycles. The third-order valence-electron chi connectivity index (χ3n) is 3.41. The lowest BCUT2D eigenvalue weighted by Crippen LogP contribution is -2.37. The molecule has 1 saturated carbocycles. The quantitative estimate of drug-likeness (QED) is 0.819. The minimum Gasteiger partial charge on any atom is -0.393 e. The van der Waals surface area contributed by atoms with Gasteiger partial charge in [-0.3, -0.25) is 0 Å². The molecule has 1 aliphatic rings. The maximum absolute atomic E-state index is 13.6. The van der Waals surface area contributed by atoms with Gasteiger partial charge in [-0.15, -0.1) is 0 Å². The van der Waals surface area contributed by atoms with Crippen LogP contribution in [0.25, 0.3) is 0 Å². The molecule has 0 bridgehead atoms. The Bertz CT molecular complexity index is 482. The molecule has 0 radical (unpaired) electrons. The first-order valence-corrected chi connectivity index (χ1v) is 5.70. The minimum atomic E-state index is -4.94. The number of alkyl halides is 3. The van der Waals surface area contributed by atoms with Crippen LogP contribution in [0.4, 0.5) is 22.0 Å². The summed E-state index contributed by atoms with van der Waals surface area (Å²) in [6.07, 6.45) is -4.80. The molecule has 2 rings (SSSR count). The van der Waals surface area contributed by atoms with E-state index in [9.17, 15) is 22.0 Å². The molecule has 1 aliphatic carbocycles. The lowest BCUT2D eigenvalue weighted by molar-refractivity contribution is -0.140. The molecule has 0 spiro atoms. The number of hydrogen-bond donors (Lipinski definition) is 2. The zero-order valence-corrected chi connectivity index (χ0v) is 9.72. The highest BCUT2D eigenvalue weighted by atomic mass is 19.4. The van der Waals surface area contributed by atoms with E-state index >= 15 is 0 Å². The average Bonchev–Trinajstić information content (AvgIpc) is 2.25. The third kappa shape index (κ3) is 2.71. The van der Waals surface area contributed by atoms with Gasteiger partial charge in [0.25, 0.3) is 0 Å². The van der Waals surface area contributed by atoms with Crippen molar-refractivity contribution in [2.24, 2.45) is 11.7 Å². The molecular weight excluding hydrogens is 269 g/mol. The Balaban J connectivity index is 2.30. The predicted molar refractivity (Wildman–Crippen MR) is 57.0 cm³/mol. The van der Waals surface area contributed by atoms with E-state index in [0.29, 0.717) is 18.9 Å². The Morgan fingerprint density at radius 3 is 2.21 bits per heavy atom. The first kappa shape index (κ1) is 14.2. The van der Waals surface area contributed by atoms with Crippen LogP contribution in [-0.2, 0) is 6.18 Å². The summed E-state index contributed by atoms with van der Waals surface area (Å²) in [4.78, 5) is 0. The summed E-state index contributed by atoms with van der Waals surface area (Å²) in [6, 6.07) is -0.298. The number of rotatable bonds is 2. The van der Waals surface area contributed by atoms with Crippen LogP contribution in [-0.4, -0.2) is 11.2 Å². The Labute approximate surface area is 106 Å². The van der Waals surface area contributed by atoms with Gasteiger partial charge < -0.3 is 10.8 Å². The normalized spacial score (nSPS) is 25.0. The molecule has 0 saturated heterocycles. The Morgan fingerprint density at radius 1 is 1.16 bits per heavy atom. The second-order valence-corrected chi connectivity index (χ2v) is 4.76. The van der Waals surface area contributed by atoms with Crippen LogP contribution in [0, 0.1) is 17.6 Å². The van der Waals surface area contributed by atoms with Crippen molar-refractivity contribution < 1.29 is 27.1 Å². The first-order valence-electron chi connectivity index (χ1n) is 5.70. The van der Waals surface area contributed by atoms with Crippen LogP contribution in [0.2, 0.25) is 0 Å². The van der Waals surface area contributed by atoms with Gasteiger partial charge in [-0.25, -0.2) is 8.78 Å². The van der Waals surface area contributed by atoms with Gasteiger partial charge in [0.15, 0.2) is 0 Å². The molecule has 19 heavy (non-hydrogen) atoms. The molecule has 3 N–H and O–H groups in total. The van der Waals surface area contributed by atoms with Crippen LogP contribution >= 0.6 is 0 Å². The highest BCUT2D eigenvalue weighted by Crippen LogP contribution is 2.39. The lowest BCUT2D eigenvalue weighted by atomic mass is 9.75. The number of aliphatic hydroxyl groups is 1. The van der Waals surface area contributed by atoms with Crippen molar-refractivity contribution in [2.45, 2.75) is 31.2 Å². The maximum Gasteiger partial charge on any atom is 0.419 e. The zero-order valence-electron chi connectivity index (χ0n) is 9.72. The van der Waals surface area contributed by atoms with Crippen molar-refractivity contribution in [1.82, 2.24) is 0 Å². The topological polar surface area (TPSA) is 46.2 Å². The fourth-order valence-corrected chi connectivity index (χ4v) is 2.21. The summed E-state index contributed by atoms with van der Waals surface area (Å²) in [6.45, 7) is 0. The van der Waals surface area contributed by atoms with Gasteiger partial charge in [0.1, 0.15) is 11.6 Å². The van der Waals surface area contributed by atoms with Gasteiger partial charge in [-0.05, 0) is 30.9 Å². The van der Waals surface area contributed by atoms with Crippen molar-refractivity contribution in [3.63, 3.8) is 0 Å². The average molecular weight is 281 g/mol. The molecule has 0 aliphatic heterocycles. The maximum atomic E-state index is 13.6. The van der Waals surface area contributed by atoms with Gasteiger partial charge in [-0.2, -0.15) is 13.2 Å². The van der Waals surface area contributed by atoms with Gasteiger partial charge >= 0.3 is 6.18 Å². The molecule has 1 aromatic rings. The van der Waals surface area contributed by atoms with Gasteiger partial charge in [0.05, 0.1) is 11.7 Å². The van der Waals surface area contributed by atoms with E-state index in [1.54, 1.807) is 0 Å². The second kappa shape index (κ2) is 4.72. The third-order valence-corrected chi connectivity index (χ3v) is 3.41. The van der Waals surface area contributed by atoms with Crippen molar-refractivity contribution in [2.75, 3.05) is 0 Å². The molecule has 7 heteroatoms. The Kier molecular flexibility index (Phi) is 3.53. The molecular formula is C12H12F5NO. The zero-order chi connectivity index (χ0) is 14.4. The van der Waals surface area contributed by atoms with Gasteiger partial charge in [0.2, 0.25) is 0 Å². The van der Waals surface area contributed by atoms with E-state index in [0.717, 1.165) is 0 Å². The van der Waals surface area contributed by atoms with Crippen molar-refractivity contribution >= 4 is 0 Å². The van der Waals surface area contributed by atoms with Crippen LogP contribution < -0.4 is 5.73 Å². The van der Waals surface area contributed by atoms with E-state index in [2.05, 4.69) is 0 Å². The highest BCUT2D eigenvalue weighted by molar-refractivity contribution is 5.30. The van der Waals surface area contributed by atoms with Crippen LogP contribution in [0.3, 0.4) is 0 Å². The first-order chi connectivity index (χ1) is 8.70. The van der Waals surface area contributed by atoms with Crippen molar-refractivity contribution in [3.8, 4) is 0 Å². The lowest BCUT2D eigenvalue weighted by Gasteiger charge is -2.36. The molecule has 1 atom stereocenters. The van der Waals surface area contributed by atoms with Crippen LogP contribution in [0.1, 0.15) is 30.0 Å². The number of halogens is 5. The summed E-state index contributed by atoms with van der Waals surface area (Å²) in [7, 11) is 0. The summed E-state index contributed by atoms with van der Waals surface area (Å²) in [5.74, 6) is -2.97. The van der Waals surface area contributed by atoms with Crippen LogP contribution in [0.15, 0.2) is 12.1 Å². The summed E-state index contributed by atoms with van der Waals surface area (Å²) < 4.78 is 64.1. The van der Waals surface area contributed by atoms with Crippen LogP contribution in [0.5, 0.6) is 0 Å². The predicted octanol–water partition coefficient (Wildman–Crippen LogP) is 2.75. The van der Waals surface area contributed by atoms with Crippen molar-refractivity contribution in [3.05, 3.63) is 34.9 Å². The molecule has 1 fully saturated rings. The standard InChI is InChI=1S/C12H12F5NO/c13-9-4-8(12(15,16)17)10(14)3-7(9)11(18)5-1-6(19)2-5/h3-6,11,19H,1-2,18H2/t5-,6-,11-/m1/s1. The number of nitrogens with two attached hydrogens (primary N) is 1. The van der Waals surface area contributed by atoms with Gasteiger partial charge in [-0.1, -0.05) is 0 Å². The monoisotopic (exact) mass is 281 g/mol. The largest absolute Gasteiger partial charge is 0.419 e. The van der Waals surface area contributed by atoms with Gasteiger partial charge in [0, 0.05) is 11.6 Å². The Hall–Kier alpha value is -1.21. The smallest absolute Gasteiger partial charge is 0.393 e. The van der Waals surface area contributed by atoms with E-state index in [1.807, 2.05) is 0 Å². The van der Waals surface area contributed by atoms with E-state index in [1.165, 1.54) is 0 Å². The fourth-order valence-electron chi connectivity index (χ4n) is 2.21. The van der Waals surface area contributed by atoms with E-state index in [4.69, 9.17) is 10.8 Å². The summed E-state index contributed by atoms with van der Waals surface area (Å²) in [5.41, 5.74) is 3.76. The molecule has 106 valence electrons. The Morgan fingerprint density at radius 2 is 1.74 bits per heavy atom. The van der Waals surface area contributed by atoms with E-state index in [-0.39, 0.29) is 17.5 Å². The second-order valence-electron chi connectivity index (χ2n) is 4.76. The SMILES string of the molecule is N[C@@H](c1cc(F)c(C(F)(F)F)cc1F)[C@H]1C[C@H](O)C1. The fraction of sp³-hybridized carbons (Fsp3) is 0.500. The summed E-state index contributed by atoms with van der Waals surface area (Å²) >= 11 is 0. The van der Waals surface area contributed by atoms with Crippen molar-refractivity contribution in [1.29, 1.82) is 0 Å². The molecule has 0 unspecified atom stereocenters. The molecule has 0 amide bonds. The number of aliphatic hydroxyl groups excluding tert-OH is 1. The number of hydrogen-bond acceptors (Lipinski definition) is 2. The highest BCUT2D eigenvalue weighted by Gasteiger charge is 2.38.